The number of carbonyl (C=O) groups is 1. The molecule has 0 unspecified atom stereocenters. The molecule has 29 heavy (non-hydrogen) atoms. The van der Waals surface area contributed by atoms with Gasteiger partial charge in [0.15, 0.2) is 5.16 Å². The van der Waals surface area contributed by atoms with E-state index >= 15 is 0 Å². The molecule has 0 spiro atoms. The molecule has 0 radical (unpaired) electrons. The van der Waals surface area contributed by atoms with Crippen LogP contribution in [0, 0.1) is 0 Å². The Morgan fingerprint density at radius 1 is 1.34 bits per heavy atom. The van der Waals surface area contributed by atoms with Gasteiger partial charge in [-0.2, -0.15) is 0 Å². The maximum absolute atomic E-state index is 12.4. The third-order valence-corrected chi connectivity index (χ3v) is 6.20. The fourth-order valence-electron chi connectivity index (χ4n) is 2.83. The van der Waals surface area contributed by atoms with E-state index in [4.69, 9.17) is 4.74 Å². The van der Waals surface area contributed by atoms with Crippen LogP contribution in [-0.2, 0) is 23.5 Å². The third-order valence-electron chi connectivity index (χ3n) is 4.27. The van der Waals surface area contributed by atoms with Crippen LogP contribution in [0.25, 0.3) is 10.9 Å². The van der Waals surface area contributed by atoms with E-state index in [0.717, 1.165) is 18.1 Å². The predicted octanol–water partition coefficient (Wildman–Crippen LogP) is 2.90. The minimum Gasteiger partial charge on any atom is -0.465 e. The van der Waals surface area contributed by atoms with E-state index in [0.29, 0.717) is 28.0 Å². The Kier molecular flexibility index (Phi) is 5.72. The lowest BCUT2D eigenvalue weighted by molar-refractivity contribution is 0.0601. The summed E-state index contributed by atoms with van der Waals surface area (Å²) >= 11 is 3.17. The second kappa shape index (κ2) is 8.58. The second-order valence-electron chi connectivity index (χ2n) is 6.16. The molecule has 0 saturated heterocycles. The lowest BCUT2D eigenvalue weighted by Gasteiger charge is -2.06. The quantitative estimate of drug-likeness (QED) is 0.357. The molecule has 0 atom stereocenters. The summed E-state index contributed by atoms with van der Waals surface area (Å²) in [5.41, 5.74) is 0.553. The monoisotopic (exact) mass is 427 g/mol. The highest BCUT2D eigenvalue weighted by Crippen LogP contribution is 2.20. The molecule has 1 aromatic carbocycles. The molecule has 1 N–H and O–H groups in total. The summed E-state index contributed by atoms with van der Waals surface area (Å²) in [5, 5.41) is 11.4. The van der Waals surface area contributed by atoms with Crippen molar-refractivity contribution in [2.45, 2.75) is 23.9 Å². The van der Waals surface area contributed by atoms with Crippen LogP contribution in [0.5, 0.6) is 0 Å². The van der Waals surface area contributed by atoms with Crippen molar-refractivity contribution in [1.29, 1.82) is 0 Å². The number of thioether (sulfide) groups is 1. The molecular weight excluding hydrogens is 410 g/mol. The SMILES string of the molecule is COC(=O)c1ccc2c(=O)[nH]c(CSc3nncn3CCc3cccs3)nc2c1. The summed E-state index contributed by atoms with van der Waals surface area (Å²) in [7, 11) is 1.31. The van der Waals surface area contributed by atoms with Gasteiger partial charge in [0.05, 0.1) is 29.3 Å². The van der Waals surface area contributed by atoms with Gasteiger partial charge in [-0.3, -0.25) is 4.79 Å². The molecule has 0 saturated carbocycles. The zero-order valence-corrected chi connectivity index (χ0v) is 17.1. The number of carbonyl (C=O) groups excluding carboxylic acids is 1. The number of aromatic amines is 1. The Morgan fingerprint density at radius 3 is 3.03 bits per heavy atom. The lowest BCUT2D eigenvalue weighted by atomic mass is 10.1. The second-order valence-corrected chi connectivity index (χ2v) is 8.14. The van der Waals surface area contributed by atoms with Crippen LogP contribution in [0.4, 0.5) is 0 Å². The van der Waals surface area contributed by atoms with Gasteiger partial charge >= 0.3 is 5.97 Å². The Hall–Kier alpha value is -2.98. The molecule has 4 aromatic rings. The zero-order chi connectivity index (χ0) is 20.2. The summed E-state index contributed by atoms with van der Waals surface area (Å²) in [6.07, 6.45) is 2.61. The van der Waals surface area contributed by atoms with Crippen LogP contribution in [0.15, 0.2) is 52.0 Å². The Morgan fingerprint density at radius 2 is 2.24 bits per heavy atom. The van der Waals surface area contributed by atoms with Gasteiger partial charge in [0, 0.05) is 11.4 Å². The first kappa shape index (κ1) is 19.3. The van der Waals surface area contributed by atoms with E-state index in [-0.39, 0.29) is 5.56 Å². The first-order chi connectivity index (χ1) is 14.1. The van der Waals surface area contributed by atoms with Gasteiger partial charge in [-0.05, 0) is 36.1 Å². The standard InChI is InChI=1S/C19H17N5O3S2/c1-27-18(26)12-4-5-14-15(9-12)21-16(22-17(14)25)10-29-19-23-20-11-24(19)7-6-13-3-2-8-28-13/h2-5,8-9,11H,6-7,10H2,1H3,(H,21,22,25). The molecule has 0 aliphatic heterocycles. The topological polar surface area (TPSA) is 103 Å². The van der Waals surface area contributed by atoms with Crippen molar-refractivity contribution in [3.05, 3.63) is 68.7 Å². The minimum absolute atomic E-state index is 0.249. The number of rotatable bonds is 7. The van der Waals surface area contributed by atoms with Crippen LogP contribution < -0.4 is 5.56 Å². The predicted molar refractivity (Wildman–Crippen MR) is 111 cm³/mol. The van der Waals surface area contributed by atoms with Gasteiger partial charge in [-0.25, -0.2) is 9.78 Å². The lowest BCUT2D eigenvalue weighted by Crippen LogP contribution is -2.12. The molecule has 4 rings (SSSR count). The van der Waals surface area contributed by atoms with Gasteiger partial charge in [0.2, 0.25) is 0 Å². The van der Waals surface area contributed by atoms with Crippen molar-refractivity contribution in [2.24, 2.45) is 0 Å². The number of nitrogens with one attached hydrogen (secondary N) is 1. The fraction of sp³-hybridized carbons (Fsp3) is 0.211. The highest BCUT2D eigenvalue weighted by molar-refractivity contribution is 7.98. The number of fused-ring (bicyclic) bond motifs is 1. The Balaban J connectivity index is 1.50. The number of benzene rings is 1. The summed E-state index contributed by atoms with van der Waals surface area (Å²) in [6, 6.07) is 8.83. The molecule has 0 aliphatic carbocycles. The first-order valence-electron chi connectivity index (χ1n) is 8.78. The van der Waals surface area contributed by atoms with Gasteiger partial charge in [-0.15, -0.1) is 21.5 Å². The summed E-state index contributed by atoms with van der Waals surface area (Å²) in [6.45, 7) is 0.778. The van der Waals surface area contributed by atoms with Gasteiger partial charge in [-0.1, -0.05) is 17.8 Å². The normalized spacial score (nSPS) is 11.1. The number of hydrogen-bond donors (Lipinski definition) is 1. The minimum atomic E-state index is -0.469. The van der Waals surface area contributed by atoms with Crippen molar-refractivity contribution in [1.82, 2.24) is 24.7 Å². The molecule has 0 aliphatic rings. The summed E-state index contributed by atoms with van der Waals surface area (Å²) in [5.74, 6) is 0.455. The van der Waals surface area contributed by atoms with E-state index in [1.54, 1.807) is 35.9 Å². The molecule has 8 nitrogen and oxygen atoms in total. The molecular formula is C19H17N5O3S2. The maximum Gasteiger partial charge on any atom is 0.337 e. The smallest absolute Gasteiger partial charge is 0.337 e. The van der Waals surface area contributed by atoms with Crippen molar-refractivity contribution in [3.63, 3.8) is 0 Å². The number of methoxy groups -OCH3 is 1. The molecule has 3 heterocycles. The van der Waals surface area contributed by atoms with Crippen LogP contribution >= 0.6 is 23.1 Å². The number of H-pyrrole nitrogens is 1. The molecule has 0 bridgehead atoms. The third kappa shape index (κ3) is 4.38. The van der Waals surface area contributed by atoms with Crippen LogP contribution in [-0.4, -0.2) is 37.8 Å². The first-order valence-corrected chi connectivity index (χ1v) is 10.6. The van der Waals surface area contributed by atoms with Crippen molar-refractivity contribution < 1.29 is 9.53 Å². The van der Waals surface area contributed by atoms with E-state index in [2.05, 4.69) is 31.6 Å². The van der Waals surface area contributed by atoms with E-state index < -0.39 is 5.97 Å². The number of esters is 1. The number of aromatic nitrogens is 5. The Labute approximate surface area is 174 Å². The number of ether oxygens (including phenoxy) is 1. The van der Waals surface area contributed by atoms with Gasteiger partial charge in [0.1, 0.15) is 12.2 Å². The van der Waals surface area contributed by atoms with E-state index in [9.17, 15) is 9.59 Å². The number of hydrogen-bond acceptors (Lipinski definition) is 8. The van der Waals surface area contributed by atoms with Crippen molar-refractivity contribution in [3.8, 4) is 0 Å². The van der Waals surface area contributed by atoms with Crippen LogP contribution in [0.2, 0.25) is 0 Å². The van der Waals surface area contributed by atoms with E-state index in [1.165, 1.54) is 23.7 Å². The van der Waals surface area contributed by atoms with E-state index in [1.807, 2.05) is 10.6 Å². The summed E-state index contributed by atoms with van der Waals surface area (Å²) in [4.78, 5) is 32.7. The van der Waals surface area contributed by atoms with Gasteiger partial charge < -0.3 is 14.3 Å². The van der Waals surface area contributed by atoms with Crippen LogP contribution in [0.1, 0.15) is 21.1 Å². The van der Waals surface area contributed by atoms with Gasteiger partial charge in [0.25, 0.3) is 5.56 Å². The summed E-state index contributed by atoms with van der Waals surface area (Å²) < 4.78 is 6.72. The molecule has 148 valence electrons. The molecule has 10 heteroatoms. The molecule has 0 amide bonds. The number of aryl methyl sites for hydroxylation is 2. The fourth-order valence-corrected chi connectivity index (χ4v) is 4.34. The number of thiophene rings is 1. The van der Waals surface area contributed by atoms with Crippen molar-refractivity contribution >= 4 is 40.0 Å². The van der Waals surface area contributed by atoms with Crippen LogP contribution in [0.3, 0.4) is 0 Å². The average molecular weight is 428 g/mol. The highest BCUT2D eigenvalue weighted by Gasteiger charge is 2.11. The number of nitrogens with zero attached hydrogens (tertiary/aromatic N) is 4. The zero-order valence-electron chi connectivity index (χ0n) is 15.5. The molecule has 0 fully saturated rings. The largest absolute Gasteiger partial charge is 0.465 e. The molecule has 3 aromatic heterocycles. The average Bonchev–Trinajstić information content (AvgIpc) is 3.41. The van der Waals surface area contributed by atoms with Crippen molar-refractivity contribution in [2.75, 3.05) is 7.11 Å². The maximum atomic E-state index is 12.4. The Bertz CT molecular complexity index is 1200. The highest BCUT2D eigenvalue weighted by atomic mass is 32.2.